The Kier molecular flexibility index (Phi) is 10.2. The van der Waals surface area contributed by atoms with Crippen LogP contribution in [0.3, 0.4) is 0 Å². The van der Waals surface area contributed by atoms with Crippen LogP contribution in [0.25, 0.3) is 0 Å². The molecular formula is C9H16O6S. The topological polar surface area (TPSA) is 82.1 Å². The molecule has 0 aromatic heterocycles. The molecule has 0 aromatic carbocycles. The molecule has 1 unspecified atom stereocenters. The predicted molar refractivity (Wildman–Crippen MR) is 57.9 cm³/mol. The summed E-state index contributed by atoms with van der Waals surface area (Å²) in [5.41, 5.74) is 0. The van der Waals surface area contributed by atoms with Gasteiger partial charge in [0, 0.05) is 12.7 Å². The fraction of sp³-hybridized carbons (Fsp3) is 0.667. The normalized spacial score (nSPS) is 12.1. The van der Waals surface area contributed by atoms with Gasteiger partial charge in [-0.2, -0.15) is 4.21 Å². The van der Waals surface area contributed by atoms with Crippen LogP contribution in [0.15, 0.2) is 12.7 Å². The first kappa shape index (κ1) is 15.2. The molecule has 0 rings (SSSR count). The number of ether oxygens (including phenoxy) is 2. The van der Waals surface area contributed by atoms with Gasteiger partial charge in [-0.15, -0.1) is 0 Å². The van der Waals surface area contributed by atoms with Crippen molar-refractivity contribution < 1.29 is 27.2 Å². The minimum Gasteiger partial charge on any atom is -0.460 e. The molecule has 0 bridgehead atoms. The molecule has 0 aromatic rings. The van der Waals surface area contributed by atoms with E-state index in [1.807, 2.05) is 0 Å². The van der Waals surface area contributed by atoms with Crippen molar-refractivity contribution in [3.63, 3.8) is 0 Å². The first-order chi connectivity index (χ1) is 7.66. The van der Waals surface area contributed by atoms with Crippen LogP contribution in [0.1, 0.15) is 12.8 Å². The summed E-state index contributed by atoms with van der Waals surface area (Å²) in [6, 6.07) is 0. The van der Waals surface area contributed by atoms with Crippen molar-refractivity contribution in [2.45, 2.75) is 12.8 Å². The largest absolute Gasteiger partial charge is 0.460 e. The van der Waals surface area contributed by atoms with Crippen LogP contribution in [0.5, 0.6) is 0 Å². The molecule has 0 aliphatic heterocycles. The highest BCUT2D eigenvalue weighted by molar-refractivity contribution is 7.74. The summed E-state index contributed by atoms with van der Waals surface area (Å²) >= 11 is -2.19. The highest BCUT2D eigenvalue weighted by Crippen LogP contribution is 1.93. The molecule has 0 fully saturated rings. The van der Waals surface area contributed by atoms with Gasteiger partial charge in [-0.1, -0.05) is 6.58 Å². The molecule has 6 nitrogen and oxygen atoms in total. The van der Waals surface area contributed by atoms with Crippen molar-refractivity contribution in [2.75, 3.05) is 26.4 Å². The molecule has 7 heteroatoms. The fourth-order valence-corrected chi connectivity index (χ4v) is 1.06. The van der Waals surface area contributed by atoms with Crippen LogP contribution in [0, 0.1) is 0 Å². The van der Waals surface area contributed by atoms with Gasteiger partial charge in [-0.25, -0.2) is 4.79 Å². The number of rotatable bonds is 10. The Morgan fingerprint density at radius 1 is 1.25 bits per heavy atom. The van der Waals surface area contributed by atoms with Crippen LogP contribution < -0.4 is 0 Å². The van der Waals surface area contributed by atoms with E-state index in [0.717, 1.165) is 6.08 Å². The summed E-state index contributed by atoms with van der Waals surface area (Å²) in [5.74, 6) is -0.470. The summed E-state index contributed by atoms with van der Waals surface area (Å²) in [6.45, 7) is 4.48. The van der Waals surface area contributed by atoms with Gasteiger partial charge in [-0.3, -0.25) is 8.74 Å². The van der Waals surface area contributed by atoms with Crippen molar-refractivity contribution in [3.05, 3.63) is 12.7 Å². The lowest BCUT2D eigenvalue weighted by molar-refractivity contribution is -0.139. The SMILES string of the molecule is C=CC(=O)OCCOCCCCOS(=O)O. The Balaban J connectivity index is 3.07. The van der Waals surface area contributed by atoms with Gasteiger partial charge in [0.2, 0.25) is 0 Å². The van der Waals surface area contributed by atoms with Gasteiger partial charge in [0.05, 0.1) is 13.2 Å². The van der Waals surface area contributed by atoms with E-state index in [4.69, 9.17) is 9.29 Å². The smallest absolute Gasteiger partial charge is 0.330 e. The molecule has 0 amide bonds. The zero-order valence-electron chi connectivity index (χ0n) is 8.92. The summed E-state index contributed by atoms with van der Waals surface area (Å²) in [6.07, 6.45) is 2.44. The molecule has 1 N–H and O–H groups in total. The third-order valence-corrected chi connectivity index (χ3v) is 1.87. The second-order valence-corrected chi connectivity index (χ2v) is 3.40. The maximum atomic E-state index is 10.6. The third kappa shape index (κ3) is 11.3. The van der Waals surface area contributed by atoms with Gasteiger partial charge in [0.1, 0.15) is 6.61 Å². The van der Waals surface area contributed by atoms with E-state index in [-0.39, 0.29) is 13.2 Å². The summed E-state index contributed by atoms with van der Waals surface area (Å²) < 4.78 is 32.5. The average molecular weight is 252 g/mol. The molecule has 1 atom stereocenters. The zero-order chi connectivity index (χ0) is 12.2. The Bertz CT molecular complexity index is 230. The zero-order valence-corrected chi connectivity index (χ0v) is 9.74. The molecule has 0 radical (unpaired) electrons. The first-order valence-electron chi connectivity index (χ1n) is 4.78. The second-order valence-electron chi connectivity index (χ2n) is 2.73. The Morgan fingerprint density at radius 2 is 1.94 bits per heavy atom. The van der Waals surface area contributed by atoms with Crippen molar-refractivity contribution in [1.29, 1.82) is 0 Å². The molecule has 0 aliphatic rings. The standard InChI is InChI=1S/C9H16O6S/c1-2-9(10)14-8-7-13-5-3-4-6-15-16(11)12/h2H,1,3-8H2,(H,11,12). The summed E-state index contributed by atoms with van der Waals surface area (Å²) in [7, 11) is 0. The number of carbonyl (C=O) groups is 1. The van der Waals surface area contributed by atoms with Crippen LogP contribution in [-0.2, 0) is 29.8 Å². The van der Waals surface area contributed by atoms with Gasteiger partial charge in [-0.05, 0) is 12.8 Å². The van der Waals surface area contributed by atoms with E-state index in [1.165, 1.54) is 0 Å². The molecular weight excluding hydrogens is 236 g/mol. The van der Waals surface area contributed by atoms with E-state index in [2.05, 4.69) is 15.5 Å². The van der Waals surface area contributed by atoms with Crippen LogP contribution in [0.2, 0.25) is 0 Å². The second kappa shape index (κ2) is 10.7. The minimum absolute atomic E-state index is 0.196. The maximum Gasteiger partial charge on any atom is 0.330 e. The highest BCUT2D eigenvalue weighted by Gasteiger charge is 1.96. The average Bonchev–Trinajstić information content (AvgIpc) is 2.26. The molecule has 0 saturated heterocycles. The molecule has 0 spiro atoms. The lowest BCUT2D eigenvalue weighted by atomic mass is 10.3. The van der Waals surface area contributed by atoms with Crippen molar-refractivity contribution >= 4 is 17.3 Å². The molecule has 0 saturated carbocycles. The lowest BCUT2D eigenvalue weighted by Crippen LogP contribution is -2.09. The Morgan fingerprint density at radius 3 is 2.56 bits per heavy atom. The number of unbranched alkanes of at least 4 members (excludes halogenated alkanes) is 1. The molecule has 0 aliphatic carbocycles. The first-order valence-corrected chi connectivity index (χ1v) is 5.81. The van der Waals surface area contributed by atoms with E-state index >= 15 is 0 Å². The monoisotopic (exact) mass is 252 g/mol. The Hall–Kier alpha value is -0.760. The van der Waals surface area contributed by atoms with Crippen molar-refractivity contribution in [3.8, 4) is 0 Å². The molecule has 16 heavy (non-hydrogen) atoms. The lowest BCUT2D eigenvalue weighted by Gasteiger charge is -2.04. The fourth-order valence-electron chi connectivity index (χ4n) is 0.799. The van der Waals surface area contributed by atoms with Gasteiger partial charge >= 0.3 is 17.3 Å². The maximum absolute atomic E-state index is 10.6. The van der Waals surface area contributed by atoms with Crippen molar-refractivity contribution in [2.24, 2.45) is 0 Å². The highest BCUT2D eigenvalue weighted by atomic mass is 32.2. The number of hydrogen-bond acceptors (Lipinski definition) is 5. The van der Waals surface area contributed by atoms with Gasteiger partial charge in [0.25, 0.3) is 0 Å². The van der Waals surface area contributed by atoms with E-state index in [1.54, 1.807) is 0 Å². The van der Waals surface area contributed by atoms with Gasteiger partial charge < -0.3 is 9.47 Å². The van der Waals surface area contributed by atoms with E-state index < -0.39 is 17.3 Å². The van der Waals surface area contributed by atoms with Crippen LogP contribution >= 0.6 is 0 Å². The quantitative estimate of drug-likeness (QED) is 0.266. The number of carbonyl (C=O) groups excluding carboxylic acids is 1. The number of hydrogen-bond donors (Lipinski definition) is 1. The van der Waals surface area contributed by atoms with E-state index in [9.17, 15) is 9.00 Å². The summed E-state index contributed by atoms with van der Waals surface area (Å²) in [4.78, 5) is 10.6. The minimum atomic E-state index is -2.19. The molecule has 0 heterocycles. The predicted octanol–water partition coefficient (Wildman–Crippen LogP) is 0.666. The summed E-state index contributed by atoms with van der Waals surface area (Å²) in [5, 5.41) is 0. The molecule has 94 valence electrons. The number of esters is 1. The van der Waals surface area contributed by atoms with Crippen molar-refractivity contribution in [1.82, 2.24) is 0 Å². The van der Waals surface area contributed by atoms with E-state index in [0.29, 0.717) is 26.1 Å². The van der Waals surface area contributed by atoms with Crippen LogP contribution in [0.4, 0.5) is 0 Å². The van der Waals surface area contributed by atoms with Gasteiger partial charge in [0.15, 0.2) is 0 Å². The van der Waals surface area contributed by atoms with Crippen LogP contribution in [-0.4, -0.2) is 41.2 Å². The third-order valence-electron chi connectivity index (χ3n) is 1.51. The Labute approximate surface area is 97.1 Å².